The molecule has 1 heterocycles. The molecular formula is C20H36N4O2S3. The minimum Gasteiger partial charge on any atom is -0.316 e. The third kappa shape index (κ3) is 8.73. The molecule has 0 saturated heterocycles. The van der Waals surface area contributed by atoms with Gasteiger partial charge in [-0.05, 0) is 71.2 Å². The Bertz CT molecular complexity index is 715. The zero-order chi connectivity index (χ0) is 21.3. The highest BCUT2D eigenvalue weighted by Crippen LogP contribution is 2.25. The van der Waals surface area contributed by atoms with Gasteiger partial charge in [-0.1, -0.05) is 0 Å². The summed E-state index contributed by atoms with van der Waals surface area (Å²) in [6, 6.07) is 2.04. The second-order valence-corrected chi connectivity index (χ2v) is 13.1. The van der Waals surface area contributed by atoms with Gasteiger partial charge in [0.25, 0.3) is 0 Å². The summed E-state index contributed by atoms with van der Waals surface area (Å²) in [5.41, 5.74) is 0. The van der Waals surface area contributed by atoms with Crippen LogP contribution in [-0.4, -0.2) is 60.0 Å². The van der Waals surface area contributed by atoms with Crippen molar-refractivity contribution in [1.29, 1.82) is 0 Å². The molecule has 1 aromatic heterocycles. The zero-order valence-corrected chi connectivity index (χ0v) is 20.6. The average Bonchev–Trinajstić information content (AvgIpc) is 2.67. The standard InChI is InChI=1S/C20H36N4O2S3/c1-20(2,3)29(25,26)24-17-7-5-16(6-8-17)15-21-12-14-28-13-10-18-22-11-9-19(23-18)27-4/h9,11,16-17,21,24H,5-8,10,12-15H2,1-4H3. The van der Waals surface area contributed by atoms with E-state index in [1.54, 1.807) is 32.5 Å². The third-order valence-corrected chi connectivity index (χ3v) is 9.08. The molecule has 1 aromatic rings. The Morgan fingerprint density at radius 1 is 1.17 bits per heavy atom. The van der Waals surface area contributed by atoms with E-state index in [9.17, 15) is 8.42 Å². The average molecular weight is 461 g/mol. The maximum absolute atomic E-state index is 12.3. The van der Waals surface area contributed by atoms with Crippen LogP contribution in [0.5, 0.6) is 0 Å². The SMILES string of the molecule is CSc1ccnc(CCSCCNCC2CCC(NS(=O)(=O)C(C)(C)C)CC2)n1. The van der Waals surface area contributed by atoms with Gasteiger partial charge in [0.1, 0.15) is 5.82 Å². The molecule has 2 rings (SSSR count). The van der Waals surface area contributed by atoms with Crippen LogP contribution in [0.4, 0.5) is 0 Å². The number of hydrogen-bond donors (Lipinski definition) is 2. The lowest BCUT2D eigenvalue weighted by atomic mass is 9.86. The van der Waals surface area contributed by atoms with Crippen molar-refractivity contribution in [2.75, 3.05) is 30.9 Å². The monoisotopic (exact) mass is 460 g/mol. The fourth-order valence-corrected chi connectivity index (χ4v) is 5.45. The third-order valence-electron chi connectivity index (χ3n) is 5.19. The maximum Gasteiger partial charge on any atom is 0.216 e. The van der Waals surface area contributed by atoms with Gasteiger partial charge in [-0.25, -0.2) is 23.1 Å². The molecule has 0 unspecified atom stereocenters. The molecule has 0 spiro atoms. The number of nitrogens with zero attached hydrogens (tertiary/aromatic N) is 2. The number of nitrogens with one attached hydrogen (secondary N) is 2. The molecular weight excluding hydrogens is 424 g/mol. The van der Waals surface area contributed by atoms with E-state index in [4.69, 9.17) is 0 Å². The van der Waals surface area contributed by atoms with Crippen LogP contribution in [0.3, 0.4) is 0 Å². The highest BCUT2D eigenvalue weighted by Gasteiger charge is 2.32. The molecule has 29 heavy (non-hydrogen) atoms. The number of rotatable bonds is 11. The second-order valence-electron chi connectivity index (χ2n) is 8.53. The van der Waals surface area contributed by atoms with E-state index in [0.29, 0.717) is 5.92 Å². The zero-order valence-electron chi connectivity index (χ0n) is 18.1. The van der Waals surface area contributed by atoms with Crippen molar-refractivity contribution >= 4 is 33.5 Å². The summed E-state index contributed by atoms with van der Waals surface area (Å²) in [7, 11) is -3.25. The van der Waals surface area contributed by atoms with Gasteiger partial charge in [-0.3, -0.25) is 0 Å². The maximum atomic E-state index is 12.3. The molecule has 1 aliphatic carbocycles. The minimum absolute atomic E-state index is 0.0952. The molecule has 1 saturated carbocycles. The predicted molar refractivity (Wildman–Crippen MR) is 125 cm³/mol. The lowest BCUT2D eigenvalue weighted by molar-refractivity contribution is 0.303. The van der Waals surface area contributed by atoms with Gasteiger partial charge in [0, 0.05) is 36.7 Å². The van der Waals surface area contributed by atoms with E-state index in [0.717, 1.165) is 67.5 Å². The molecule has 0 radical (unpaired) electrons. The summed E-state index contributed by atoms with van der Waals surface area (Å²) >= 11 is 3.58. The molecule has 2 N–H and O–H groups in total. The molecule has 0 aliphatic heterocycles. The first-order valence-corrected chi connectivity index (χ1v) is 14.2. The Morgan fingerprint density at radius 3 is 2.55 bits per heavy atom. The van der Waals surface area contributed by atoms with Gasteiger partial charge in [-0.15, -0.1) is 11.8 Å². The van der Waals surface area contributed by atoms with Crippen LogP contribution in [0.1, 0.15) is 52.3 Å². The lowest BCUT2D eigenvalue weighted by Crippen LogP contribution is -2.46. The minimum atomic E-state index is -3.25. The molecule has 166 valence electrons. The molecule has 0 amide bonds. The molecule has 0 atom stereocenters. The van der Waals surface area contributed by atoms with Gasteiger partial charge in [-0.2, -0.15) is 11.8 Å². The second kappa shape index (κ2) is 11.9. The van der Waals surface area contributed by atoms with E-state index < -0.39 is 14.8 Å². The van der Waals surface area contributed by atoms with Crippen LogP contribution < -0.4 is 10.0 Å². The number of aryl methyl sites for hydroxylation is 1. The van der Waals surface area contributed by atoms with Crippen LogP contribution in [0.15, 0.2) is 17.3 Å². The first kappa shape index (κ1) is 24.9. The molecule has 6 nitrogen and oxygen atoms in total. The van der Waals surface area contributed by atoms with E-state index in [1.807, 2.05) is 30.3 Å². The van der Waals surface area contributed by atoms with E-state index in [-0.39, 0.29) is 6.04 Å². The number of aromatic nitrogens is 2. The summed E-state index contributed by atoms with van der Waals surface area (Å²) in [6.45, 7) is 7.27. The fourth-order valence-electron chi connectivity index (χ4n) is 3.21. The summed E-state index contributed by atoms with van der Waals surface area (Å²) in [6.07, 6.45) is 8.82. The Labute approximate surface area is 185 Å². The van der Waals surface area contributed by atoms with Gasteiger partial charge < -0.3 is 5.32 Å². The van der Waals surface area contributed by atoms with Crippen molar-refractivity contribution in [3.8, 4) is 0 Å². The summed E-state index contributed by atoms with van der Waals surface area (Å²) in [5, 5.41) is 4.60. The summed E-state index contributed by atoms with van der Waals surface area (Å²) < 4.78 is 26.7. The van der Waals surface area contributed by atoms with Crippen molar-refractivity contribution < 1.29 is 8.42 Å². The lowest BCUT2D eigenvalue weighted by Gasteiger charge is -2.31. The Kier molecular flexibility index (Phi) is 10.2. The van der Waals surface area contributed by atoms with Crippen LogP contribution in [0.25, 0.3) is 0 Å². The predicted octanol–water partition coefficient (Wildman–Crippen LogP) is 3.34. The van der Waals surface area contributed by atoms with Gasteiger partial charge >= 0.3 is 0 Å². The van der Waals surface area contributed by atoms with Crippen molar-refractivity contribution in [3.63, 3.8) is 0 Å². The summed E-state index contributed by atoms with van der Waals surface area (Å²) in [4.78, 5) is 8.84. The molecule has 1 fully saturated rings. The molecule has 9 heteroatoms. The van der Waals surface area contributed by atoms with Crippen molar-refractivity contribution in [2.24, 2.45) is 5.92 Å². The van der Waals surface area contributed by atoms with E-state index in [2.05, 4.69) is 20.0 Å². The molecule has 0 bridgehead atoms. The number of thioether (sulfide) groups is 2. The quantitative estimate of drug-likeness (QED) is 0.298. The van der Waals surface area contributed by atoms with Gasteiger partial charge in [0.05, 0.1) is 9.77 Å². The van der Waals surface area contributed by atoms with Crippen LogP contribution in [-0.2, 0) is 16.4 Å². The number of hydrogen-bond acceptors (Lipinski definition) is 7. The normalized spacial score (nSPS) is 20.7. The van der Waals surface area contributed by atoms with Crippen molar-refractivity contribution in [1.82, 2.24) is 20.0 Å². The Morgan fingerprint density at radius 2 is 1.90 bits per heavy atom. The highest BCUT2D eigenvalue weighted by molar-refractivity contribution is 7.99. The first-order chi connectivity index (χ1) is 13.7. The molecule has 0 aromatic carbocycles. The Balaban J connectivity index is 1.53. The van der Waals surface area contributed by atoms with Crippen molar-refractivity contribution in [2.45, 2.75) is 68.7 Å². The largest absolute Gasteiger partial charge is 0.316 e. The molecule has 1 aliphatic rings. The topological polar surface area (TPSA) is 84.0 Å². The van der Waals surface area contributed by atoms with Crippen molar-refractivity contribution in [3.05, 3.63) is 18.1 Å². The highest BCUT2D eigenvalue weighted by atomic mass is 32.2. The fraction of sp³-hybridized carbons (Fsp3) is 0.800. The van der Waals surface area contributed by atoms with Crippen LogP contribution in [0, 0.1) is 5.92 Å². The van der Waals surface area contributed by atoms with E-state index >= 15 is 0 Å². The van der Waals surface area contributed by atoms with Crippen LogP contribution in [0.2, 0.25) is 0 Å². The summed E-state index contributed by atoms with van der Waals surface area (Å²) in [5.74, 6) is 3.70. The van der Waals surface area contributed by atoms with Crippen LogP contribution >= 0.6 is 23.5 Å². The smallest absolute Gasteiger partial charge is 0.216 e. The Hall–Kier alpha value is -0.350. The van der Waals surface area contributed by atoms with E-state index in [1.165, 1.54) is 0 Å². The first-order valence-electron chi connectivity index (χ1n) is 10.4. The van der Waals surface area contributed by atoms with Gasteiger partial charge in [0.15, 0.2) is 0 Å². The van der Waals surface area contributed by atoms with Gasteiger partial charge in [0.2, 0.25) is 10.0 Å². The number of sulfonamides is 1.